The molecular weight excluding hydrogens is 292 g/mol. The Morgan fingerprint density at radius 1 is 1.10 bits per heavy atom. The highest BCUT2D eigenvalue weighted by Crippen LogP contribution is 2.19. The van der Waals surface area contributed by atoms with Crippen LogP contribution in [0.4, 0.5) is 0 Å². The minimum Gasteiger partial charge on any atom is -0.248 e. The minimum atomic E-state index is -3.51. The van der Waals surface area contributed by atoms with Gasteiger partial charge in [0.1, 0.15) is 5.01 Å². The fourth-order valence-electron chi connectivity index (χ4n) is 1.91. The maximum absolute atomic E-state index is 12.2. The molecule has 0 aliphatic rings. The second-order valence-electron chi connectivity index (χ2n) is 4.26. The van der Waals surface area contributed by atoms with Crippen molar-refractivity contribution in [2.24, 2.45) is 0 Å². The van der Waals surface area contributed by atoms with Gasteiger partial charge < -0.3 is 0 Å². The van der Waals surface area contributed by atoms with Crippen molar-refractivity contribution in [3.05, 3.63) is 59.0 Å². The van der Waals surface area contributed by atoms with E-state index in [2.05, 4.69) is 9.71 Å². The van der Waals surface area contributed by atoms with E-state index >= 15 is 0 Å². The van der Waals surface area contributed by atoms with Crippen molar-refractivity contribution in [1.29, 1.82) is 0 Å². The smallest absolute Gasteiger partial charge is 0.240 e. The lowest BCUT2D eigenvalue weighted by Gasteiger charge is -2.06. The van der Waals surface area contributed by atoms with Crippen LogP contribution in [0.1, 0.15) is 5.01 Å². The number of thiazole rings is 1. The van der Waals surface area contributed by atoms with Gasteiger partial charge in [-0.3, -0.25) is 0 Å². The molecule has 3 rings (SSSR count). The fraction of sp³-hybridized carbons (Fsp3) is 0.0714. The minimum absolute atomic E-state index is 0.215. The van der Waals surface area contributed by atoms with Crippen LogP contribution < -0.4 is 4.72 Å². The van der Waals surface area contributed by atoms with Crippen LogP contribution in [0, 0.1) is 0 Å². The Balaban J connectivity index is 1.88. The molecule has 0 amide bonds. The Morgan fingerprint density at radius 2 is 1.90 bits per heavy atom. The van der Waals surface area contributed by atoms with E-state index in [1.165, 1.54) is 11.3 Å². The van der Waals surface area contributed by atoms with Gasteiger partial charge in [0.05, 0.1) is 11.4 Å². The van der Waals surface area contributed by atoms with Gasteiger partial charge in [-0.2, -0.15) is 0 Å². The summed E-state index contributed by atoms with van der Waals surface area (Å²) in [4.78, 5) is 4.33. The molecule has 0 radical (unpaired) electrons. The molecule has 0 atom stereocenters. The maximum Gasteiger partial charge on any atom is 0.240 e. The Bertz CT molecular complexity index is 827. The molecule has 0 aliphatic carbocycles. The van der Waals surface area contributed by atoms with Gasteiger partial charge in [0, 0.05) is 11.6 Å². The van der Waals surface area contributed by atoms with Crippen LogP contribution in [0.3, 0.4) is 0 Å². The van der Waals surface area contributed by atoms with E-state index in [0.29, 0.717) is 0 Å². The molecule has 3 aromatic rings. The normalized spacial score (nSPS) is 11.8. The molecule has 20 heavy (non-hydrogen) atoms. The van der Waals surface area contributed by atoms with Crippen LogP contribution >= 0.6 is 11.3 Å². The van der Waals surface area contributed by atoms with Crippen molar-refractivity contribution in [3.8, 4) is 0 Å². The second-order valence-corrected chi connectivity index (χ2v) is 7.01. The van der Waals surface area contributed by atoms with Crippen LogP contribution in [0.15, 0.2) is 58.9 Å². The molecule has 2 aromatic carbocycles. The average molecular weight is 304 g/mol. The summed E-state index contributed by atoms with van der Waals surface area (Å²) in [5, 5.41) is 4.49. The Morgan fingerprint density at radius 3 is 2.65 bits per heavy atom. The summed E-state index contributed by atoms with van der Waals surface area (Å²) in [6.07, 6.45) is 1.66. The zero-order chi connectivity index (χ0) is 14.0. The first-order chi connectivity index (χ1) is 9.65. The first kappa shape index (κ1) is 13.2. The molecule has 0 bridgehead atoms. The molecule has 0 spiro atoms. The molecule has 0 unspecified atom stereocenters. The summed E-state index contributed by atoms with van der Waals surface area (Å²) in [6, 6.07) is 12.8. The van der Waals surface area contributed by atoms with E-state index in [4.69, 9.17) is 0 Å². The van der Waals surface area contributed by atoms with Crippen molar-refractivity contribution in [3.63, 3.8) is 0 Å². The highest BCUT2D eigenvalue weighted by Gasteiger charge is 2.14. The third-order valence-corrected chi connectivity index (χ3v) is 5.11. The molecule has 0 fully saturated rings. The van der Waals surface area contributed by atoms with Crippen LogP contribution in [-0.2, 0) is 16.6 Å². The van der Waals surface area contributed by atoms with Gasteiger partial charge in [0.25, 0.3) is 0 Å². The highest BCUT2D eigenvalue weighted by molar-refractivity contribution is 7.89. The van der Waals surface area contributed by atoms with E-state index in [9.17, 15) is 8.42 Å². The molecule has 0 saturated heterocycles. The highest BCUT2D eigenvalue weighted by atomic mass is 32.2. The molecular formula is C14H12N2O2S2. The quantitative estimate of drug-likeness (QED) is 0.806. The number of rotatable bonds is 4. The lowest BCUT2D eigenvalue weighted by molar-refractivity contribution is 0.581. The molecule has 102 valence electrons. The predicted molar refractivity (Wildman–Crippen MR) is 80.1 cm³/mol. The van der Waals surface area contributed by atoms with Crippen molar-refractivity contribution in [1.82, 2.24) is 9.71 Å². The van der Waals surface area contributed by atoms with Gasteiger partial charge in [-0.05, 0) is 22.9 Å². The molecule has 1 heterocycles. The monoisotopic (exact) mass is 304 g/mol. The summed E-state index contributed by atoms with van der Waals surface area (Å²) < 4.78 is 27.0. The number of aromatic nitrogens is 1. The number of sulfonamides is 1. The largest absolute Gasteiger partial charge is 0.248 e. The van der Waals surface area contributed by atoms with Gasteiger partial charge in [0.2, 0.25) is 10.0 Å². The first-order valence-corrected chi connectivity index (χ1v) is 8.38. The number of fused-ring (bicyclic) bond motifs is 1. The molecule has 4 nitrogen and oxygen atoms in total. The van der Waals surface area contributed by atoms with Gasteiger partial charge in [-0.1, -0.05) is 30.3 Å². The van der Waals surface area contributed by atoms with Crippen LogP contribution in [-0.4, -0.2) is 13.4 Å². The van der Waals surface area contributed by atoms with Crippen molar-refractivity contribution >= 4 is 32.1 Å². The van der Waals surface area contributed by atoms with Gasteiger partial charge in [-0.25, -0.2) is 18.1 Å². The third-order valence-electron chi connectivity index (χ3n) is 2.93. The zero-order valence-electron chi connectivity index (χ0n) is 10.5. The van der Waals surface area contributed by atoms with Gasteiger partial charge in [-0.15, -0.1) is 11.3 Å². The molecule has 1 aromatic heterocycles. The summed E-state index contributed by atoms with van der Waals surface area (Å²) >= 11 is 1.42. The third kappa shape index (κ3) is 2.72. The van der Waals surface area contributed by atoms with Crippen LogP contribution in [0.5, 0.6) is 0 Å². The van der Waals surface area contributed by atoms with E-state index in [-0.39, 0.29) is 11.4 Å². The van der Waals surface area contributed by atoms with Crippen molar-refractivity contribution < 1.29 is 8.42 Å². The summed E-state index contributed by atoms with van der Waals surface area (Å²) in [5.74, 6) is 0. The van der Waals surface area contributed by atoms with Crippen LogP contribution in [0.25, 0.3) is 10.8 Å². The number of nitrogens with zero attached hydrogens (tertiary/aromatic N) is 1. The number of hydrogen-bond donors (Lipinski definition) is 1. The number of nitrogens with one attached hydrogen (secondary N) is 1. The lowest BCUT2D eigenvalue weighted by Crippen LogP contribution is -2.23. The lowest BCUT2D eigenvalue weighted by atomic mass is 10.1. The van der Waals surface area contributed by atoms with Crippen LogP contribution in [0.2, 0.25) is 0 Å². The summed E-state index contributed by atoms with van der Waals surface area (Å²) in [6.45, 7) is 0.215. The number of benzene rings is 2. The topological polar surface area (TPSA) is 59.1 Å². The maximum atomic E-state index is 12.2. The SMILES string of the molecule is O=S(=O)(NCc1nccs1)c1ccc2ccccc2c1. The predicted octanol–water partition coefficient (Wildman–Crippen LogP) is 2.77. The van der Waals surface area contributed by atoms with E-state index < -0.39 is 10.0 Å². The Hall–Kier alpha value is -1.76. The Labute approximate surface area is 121 Å². The standard InChI is InChI=1S/C14H12N2O2S2/c17-20(18,16-10-14-15-7-8-19-14)13-6-5-11-3-1-2-4-12(11)9-13/h1-9,16H,10H2. The van der Waals surface area contributed by atoms with E-state index in [0.717, 1.165) is 15.8 Å². The summed E-state index contributed by atoms with van der Waals surface area (Å²) in [5.41, 5.74) is 0. The van der Waals surface area contributed by atoms with Crippen molar-refractivity contribution in [2.45, 2.75) is 11.4 Å². The molecule has 0 aliphatic heterocycles. The van der Waals surface area contributed by atoms with E-state index in [1.807, 2.05) is 35.7 Å². The first-order valence-electron chi connectivity index (χ1n) is 6.02. The molecule has 6 heteroatoms. The number of hydrogen-bond acceptors (Lipinski definition) is 4. The average Bonchev–Trinajstić information content (AvgIpc) is 2.98. The molecule has 0 saturated carbocycles. The fourth-order valence-corrected chi connectivity index (χ4v) is 3.59. The molecule has 1 N–H and O–H groups in total. The van der Waals surface area contributed by atoms with Crippen molar-refractivity contribution in [2.75, 3.05) is 0 Å². The second kappa shape index (κ2) is 5.32. The Kier molecular flexibility index (Phi) is 3.52. The zero-order valence-corrected chi connectivity index (χ0v) is 12.1. The van der Waals surface area contributed by atoms with Gasteiger partial charge >= 0.3 is 0 Å². The van der Waals surface area contributed by atoms with E-state index in [1.54, 1.807) is 18.3 Å². The summed E-state index contributed by atoms with van der Waals surface area (Å²) in [7, 11) is -3.51. The van der Waals surface area contributed by atoms with Gasteiger partial charge in [0.15, 0.2) is 0 Å².